The third-order valence-electron chi connectivity index (χ3n) is 3.61. The normalized spacial score (nSPS) is 10.5. The van der Waals surface area contributed by atoms with Gasteiger partial charge in [-0.1, -0.05) is 36.7 Å². The van der Waals surface area contributed by atoms with E-state index in [1.54, 1.807) is 29.2 Å². The van der Waals surface area contributed by atoms with Gasteiger partial charge < -0.3 is 10.1 Å². The Balaban J connectivity index is 1.72. The fourth-order valence-corrected chi connectivity index (χ4v) is 2.58. The second-order valence-electron chi connectivity index (χ2n) is 5.30. The minimum Gasteiger partial charge on any atom is -0.483 e. The van der Waals surface area contributed by atoms with Gasteiger partial charge in [0.25, 0.3) is 5.91 Å². The molecule has 0 bridgehead atoms. The van der Waals surface area contributed by atoms with Gasteiger partial charge in [-0.2, -0.15) is 5.10 Å². The van der Waals surface area contributed by atoms with Crippen LogP contribution < -0.4 is 10.1 Å². The molecule has 128 valence electrons. The lowest BCUT2D eigenvalue weighted by molar-refractivity contribution is -0.118. The molecule has 1 N–H and O–H groups in total. The molecule has 1 aromatic heterocycles. The first-order chi connectivity index (χ1) is 12.2. The van der Waals surface area contributed by atoms with E-state index in [0.29, 0.717) is 22.1 Å². The fraction of sp³-hybridized carbons (Fsp3) is 0.167. The number of anilines is 1. The molecule has 7 heteroatoms. The number of para-hydroxylation sites is 1. The first kappa shape index (κ1) is 17.0. The highest BCUT2D eigenvalue weighted by Crippen LogP contribution is 2.24. The van der Waals surface area contributed by atoms with Crippen molar-refractivity contribution in [2.24, 2.45) is 0 Å². The summed E-state index contributed by atoms with van der Waals surface area (Å²) in [6.07, 6.45) is 3.81. The third-order valence-corrected chi connectivity index (χ3v) is 3.85. The van der Waals surface area contributed by atoms with Gasteiger partial charge >= 0.3 is 0 Å². The maximum Gasteiger partial charge on any atom is 0.262 e. The Bertz CT molecular complexity index is 865. The highest BCUT2D eigenvalue weighted by molar-refractivity contribution is 6.31. The number of amides is 1. The summed E-state index contributed by atoms with van der Waals surface area (Å²) in [6, 6.07) is 12.8. The predicted octanol–water partition coefficient (Wildman–Crippen LogP) is 3.50. The van der Waals surface area contributed by atoms with Crippen LogP contribution in [0.3, 0.4) is 0 Å². The summed E-state index contributed by atoms with van der Waals surface area (Å²) in [5.41, 5.74) is 2.26. The second kappa shape index (κ2) is 7.81. The minimum atomic E-state index is -0.283. The van der Waals surface area contributed by atoms with Crippen molar-refractivity contribution < 1.29 is 9.53 Å². The Labute approximate surface area is 150 Å². The lowest BCUT2D eigenvalue weighted by atomic mass is 10.1. The maximum absolute atomic E-state index is 12.3. The first-order valence-electron chi connectivity index (χ1n) is 7.82. The zero-order valence-corrected chi connectivity index (χ0v) is 14.4. The van der Waals surface area contributed by atoms with Crippen LogP contribution in [0.1, 0.15) is 12.5 Å². The Morgan fingerprint density at radius 1 is 1.28 bits per heavy atom. The van der Waals surface area contributed by atoms with E-state index >= 15 is 0 Å². The number of hydrogen-bond acceptors (Lipinski definition) is 4. The molecule has 0 radical (unpaired) electrons. The topological polar surface area (TPSA) is 69.0 Å². The van der Waals surface area contributed by atoms with Crippen LogP contribution in [0.4, 0.5) is 5.69 Å². The molecule has 2 aromatic carbocycles. The molecule has 1 heterocycles. The van der Waals surface area contributed by atoms with Crippen molar-refractivity contribution in [3.05, 3.63) is 65.7 Å². The number of nitrogens with one attached hydrogen (secondary N) is 1. The third kappa shape index (κ3) is 4.16. The molecular formula is C18H17ClN4O2. The Morgan fingerprint density at radius 3 is 2.88 bits per heavy atom. The lowest BCUT2D eigenvalue weighted by Gasteiger charge is -2.13. The van der Waals surface area contributed by atoms with Gasteiger partial charge in [0.15, 0.2) is 6.61 Å². The number of ether oxygens (including phenoxy) is 1. The van der Waals surface area contributed by atoms with Crippen molar-refractivity contribution in [3.63, 3.8) is 0 Å². The Kier molecular flexibility index (Phi) is 5.30. The van der Waals surface area contributed by atoms with Gasteiger partial charge in [0.05, 0.1) is 11.4 Å². The maximum atomic E-state index is 12.3. The van der Waals surface area contributed by atoms with Gasteiger partial charge in [0.2, 0.25) is 0 Å². The number of aryl methyl sites for hydroxylation is 1. The number of halogens is 1. The summed E-state index contributed by atoms with van der Waals surface area (Å²) in [6.45, 7) is 1.94. The molecule has 1 amide bonds. The number of benzene rings is 2. The second-order valence-corrected chi connectivity index (χ2v) is 5.74. The molecule has 0 aliphatic heterocycles. The summed E-state index contributed by atoms with van der Waals surface area (Å²) in [5.74, 6) is 0.428. The largest absolute Gasteiger partial charge is 0.483 e. The summed E-state index contributed by atoms with van der Waals surface area (Å²) >= 11 is 6.05. The van der Waals surface area contributed by atoms with Crippen molar-refractivity contribution in [3.8, 4) is 11.4 Å². The summed E-state index contributed by atoms with van der Waals surface area (Å²) in [4.78, 5) is 16.2. The molecule has 0 spiro atoms. The number of hydrogen-bond donors (Lipinski definition) is 1. The molecule has 3 rings (SSSR count). The molecule has 0 saturated heterocycles. The molecule has 0 saturated carbocycles. The molecule has 6 nitrogen and oxygen atoms in total. The van der Waals surface area contributed by atoms with Crippen LogP contribution in [0.2, 0.25) is 5.02 Å². The van der Waals surface area contributed by atoms with Gasteiger partial charge in [-0.25, -0.2) is 9.67 Å². The standard InChI is InChI=1S/C18H17ClN4O2/c1-2-13-5-3-4-6-17(13)25-10-18(24)22-15-9-14(19)7-8-16(15)23-12-20-11-21-23/h3-9,11-12H,2,10H2,1H3,(H,22,24). The van der Waals surface area contributed by atoms with Crippen LogP contribution in [0, 0.1) is 0 Å². The number of aromatic nitrogens is 3. The van der Waals surface area contributed by atoms with E-state index in [2.05, 4.69) is 15.4 Å². The van der Waals surface area contributed by atoms with Gasteiger partial charge in [0, 0.05) is 5.02 Å². The molecule has 0 unspecified atom stereocenters. The zero-order chi connectivity index (χ0) is 17.6. The fourth-order valence-electron chi connectivity index (χ4n) is 2.41. The van der Waals surface area contributed by atoms with E-state index in [1.807, 2.05) is 31.2 Å². The predicted molar refractivity (Wildman–Crippen MR) is 96.3 cm³/mol. The van der Waals surface area contributed by atoms with Gasteiger partial charge in [-0.3, -0.25) is 4.79 Å². The summed E-state index contributed by atoms with van der Waals surface area (Å²) in [5, 5.41) is 7.40. The van der Waals surface area contributed by atoms with Crippen LogP contribution in [0.5, 0.6) is 5.75 Å². The van der Waals surface area contributed by atoms with Crippen molar-refractivity contribution >= 4 is 23.2 Å². The van der Waals surface area contributed by atoms with Crippen molar-refractivity contribution in [1.82, 2.24) is 14.8 Å². The number of nitrogens with zero attached hydrogens (tertiary/aromatic N) is 3. The molecule has 0 atom stereocenters. The average molecular weight is 357 g/mol. The van der Waals surface area contributed by atoms with E-state index < -0.39 is 0 Å². The monoisotopic (exact) mass is 356 g/mol. The van der Waals surface area contributed by atoms with E-state index in [1.165, 1.54) is 6.33 Å². The average Bonchev–Trinajstić information content (AvgIpc) is 3.14. The highest BCUT2D eigenvalue weighted by atomic mass is 35.5. The van der Waals surface area contributed by atoms with E-state index in [0.717, 1.165) is 12.0 Å². The Hall–Kier alpha value is -2.86. The van der Waals surface area contributed by atoms with Gasteiger partial charge in [-0.05, 0) is 36.2 Å². The first-order valence-corrected chi connectivity index (χ1v) is 8.20. The van der Waals surface area contributed by atoms with Crippen LogP contribution >= 0.6 is 11.6 Å². The quantitative estimate of drug-likeness (QED) is 0.734. The minimum absolute atomic E-state index is 0.0969. The van der Waals surface area contributed by atoms with Crippen molar-refractivity contribution in [2.75, 3.05) is 11.9 Å². The van der Waals surface area contributed by atoms with Gasteiger partial charge in [0.1, 0.15) is 18.4 Å². The van der Waals surface area contributed by atoms with Crippen molar-refractivity contribution in [2.45, 2.75) is 13.3 Å². The summed E-state index contributed by atoms with van der Waals surface area (Å²) < 4.78 is 7.20. The number of carbonyl (C=O) groups is 1. The highest BCUT2D eigenvalue weighted by Gasteiger charge is 2.11. The van der Waals surface area contributed by atoms with Gasteiger partial charge in [-0.15, -0.1) is 0 Å². The summed E-state index contributed by atoms with van der Waals surface area (Å²) in [7, 11) is 0. The molecule has 0 aliphatic carbocycles. The number of carbonyl (C=O) groups excluding carboxylic acids is 1. The lowest BCUT2D eigenvalue weighted by Crippen LogP contribution is -2.21. The molecule has 25 heavy (non-hydrogen) atoms. The zero-order valence-electron chi connectivity index (χ0n) is 13.6. The SMILES string of the molecule is CCc1ccccc1OCC(=O)Nc1cc(Cl)ccc1-n1cncn1. The van der Waals surface area contributed by atoms with E-state index in [4.69, 9.17) is 16.3 Å². The molecule has 3 aromatic rings. The number of rotatable bonds is 6. The Morgan fingerprint density at radius 2 is 2.12 bits per heavy atom. The van der Waals surface area contributed by atoms with Crippen LogP contribution in [0.15, 0.2) is 55.1 Å². The molecule has 0 fully saturated rings. The van der Waals surface area contributed by atoms with Crippen LogP contribution in [0.25, 0.3) is 5.69 Å². The molecular weight excluding hydrogens is 340 g/mol. The smallest absolute Gasteiger partial charge is 0.262 e. The molecule has 0 aliphatic rings. The van der Waals surface area contributed by atoms with Crippen LogP contribution in [-0.2, 0) is 11.2 Å². The van der Waals surface area contributed by atoms with Crippen molar-refractivity contribution in [1.29, 1.82) is 0 Å². The van der Waals surface area contributed by atoms with Crippen LogP contribution in [-0.4, -0.2) is 27.3 Å². The van der Waals surface area contributed by atoms with E-state index in [-0.39, 0.29) is 12.5 Å². The van der Waals surface area contributed by atoms with E-state index in [9.17, 15) is 4.79 Å².